The molecule has 1 aromatic heterocycles. The highest BCUT2D eigenvalue weighted by Crippen LogP contribution is 2.25. The number of carbonyl (C=O) groups is 1. The molecule has 0 saturated carbocycles. The Hall–Kier alpha value is -3.25. The molecule has 0 unspecified atom stereocenters. The molecule has 0 bridgehead atoms. The van der Waals surface area contributed by atoms with E-state index >= 15 is 0 Å². The van der Waals surface area contributed by atoms with E-state index in [2.05, 4.69) is 26.8 Å². The molecule has 0 atom stereocenters. The Balaban J connectivity index is 0.00000308. The second kappa shape index (κ2) is 16.4. The number of ether oxygens (including phenoxy) is 1. The van der Waals surface area contributed by atoms with Crippen molar-refractivity contribution < 1.29 is 23.1 Å². The Kier molecular flexibility index (Phi) is 13.6. The van der Waals surface area contributed by atoms with Crippen LogP contribution in [0.15, 0.2) is 67.0 Å². The molecule has 0 spiro atoms. The quantitative estimate of drug-likeness (QED) is 0.232. The summed E-state index contributed by atoms with van der Waals surface area (Å²) in [4.78, 5) is 21.4. The molecular formula is C29H39Cl2N5O5S. The molecule has 1 fully saturated rings. The molecule has 4 rings (SSSR count). The van der Waals surface area contributed by atoms with Crippen LogP contribution in [-0.2, 0) is 16.6 Å². The predicted octanol–water partition coefficient (Wildman–Crippen LogP) is 6.09. The standard InChI is InChI=1S/C29H37N5O5S.2ClH/c1-3-4-15-34(29(36)31-24-18-26(35)20-30-19-24)25-13-16-33(17-14-25)21-22-5-9-27(10-6-22)39-28-11-7-23(8-12-28)32-40(2,37)38;;/h5-12,18-20,25,32,35H,3-4,13-17,21H2,1-2H3,(H,31,36);2*1H. The highest BCUT2D eigenvalue weighted by molar-refractivity contribution is 7.92. The van der Waals surface area contributed by atoms with Gasteiger partial charge in [0, 0.05) is 44.0 Å². The normalized spacial score (nSPS) is 13.8. The van der Waals surface area contributed by atoms with Crippen LogP contribution in [0.4, 0.5) is 16.2 Å². The SMILES string of the molecule is CCCCN(C(=O)Nc1cncc(O)c1)C1CCN(Cc2ccc(Oc3ccc(NS(C)(=O)=O)cc3)cc2)CC1.Cl.Cl. The zero-order valence-corrected chi connectivity index (χ0v) is 26.2. The van der Waals surface area contributed by atoms with Crippen LogP contribution in [-0.4, -0.2) is 66.3 Å². The summed E-state index contributed by atoms with van der Waals surface area (Å²) in [6.07, 6.45) is 7.69. The molecule has 2 heterocycles. The van der Waals surface area contributed by atoms with Crippen LogP contribution in [0.5, 0.6) is 17.2 Å². The van der Waals surface area contributed by atoms with Crippen molar-refractivity contribution in [1.29, 1.82) is 0 Å². The maximum absolute atomic E-state index is 13.1. The van der Waals surface area contributed by atoms with Crippen molar-refractivity contribution in [2.24, 2.45) is 0 Å². The van der Waals surface area contributed by atoms with Gasteiger partial charge in [0.1, 0.15) is 17.2 Å². The average Bonchev–Trinajstić information content (AvgIpc) is 2.91. The van der Waals surface area contributed by atoms with E-state index in [4.69, 9.17) is 4.74 Å². The van der Waals surface area contributed by atoms with Gasteiger partial charge in [0.25, 0.3) is 0 Å². The van der Waals surface area contributed by atoms with Gasteiger partial charge in [-0.25, -0.2) is 13.2 Å². The lowest BCUT2D eigenvalue weighted by molar-refractivity contribution is 0.122. The number of piperidine rings is 1. The van der Waals surface area contributed by atoms with Crippen molar-refractivity contribution >= 4 is 52.2 Å². The topological polar surface area (TPSA) is 124 Å². The predicted molar refractivity (Wildman–Crippen MR) is 171 cm³/mol. The van der Waals surface area contributed by atoms with Crippen molar-refractivity contribution in [1.82, 2.24) is 14.8 Å². The highest BCUT2D eigenvalue weighted by Gasteiger charge is 2.28. The monoisotopic (exact) mass is 639 g/mol. The maximum Gasteiger partial charge on any atom is 0.322 e. The molecule has 10 nitrogen and oxygen atoms in total. The average molecular weight is 641 g/mol. The number of carbonyl (C=O) groups excluding carboxylic acids is 1. The number of nitrogens with one attached hydrogen (secondary N) is 2. The summed E-state index contributed by atoms with van der Waals surface area (Å²) in [6, 6.07) is 16.2. The van der Waals surface area contributed by atoms with Gasteiger partial charge in [0.2, 0.25) is 10.0 Å². The number of pyridine rings is 1. The van der Waals surface area contributed by atoms with Gasteiger partial charge in [0.15, 0.2) is 0 Å². The van der Waals surface area contributed by atoms with Crippen molar-refractivity contribution in [2.75, 3.05) is 35.9 Å². The Labute approximate surface area is 260 Å². The van der Waals surface area contributed by atoms with E-state index < -0.39 is 10.0 Å². The van der Waals surface area contributed by atoms with Gasteiger partial charge in [-0.2, -0.15) is 0 Å². The van der Waals surface area contributed by atoms with Crippen LogP contribution < -0.4 is 14.8 Å². The van der Waals surface area contributed by atoms with Crippen LogP contribution in [0, 0.1) is 0 Å². The third-order valence-electron chi connectivity index (χ3n) is 6.71. The van der Waals surface area contributed by atoms with Crippen molar-refractivity contribution in [3.05, 3.63) is 72.6 Å². The minimum Gasteiger partial charge on any atom is -0.506 e. The zero-order valence-electron chi connectivity index (χ0n) is 23.7. The van der Waals surface area contributed by atoms with E-state index in [1.54, 1.807) is 24.3 Å². The molecule has 230 valence electrons. The van der Waals surface area contributed by atoms with E-state index in [0.29, 0.717) is 29.4 Å². The van der Waals surface area contributed by atoms with Crippen molar-refractivity contribution in [2.45, 2.75) is 45.2 Å². The van der Waals surface area contributed by atoms with Crippen LogP contribution in [0.1, 0.15) is 38.2 Å². The second-order valence-corrected chi connectivity index (χ2v) is 11.8. The summed E-state index contributed by atoms with van der Waals surface area (Å²) < 4.78 is 31.1. The molecule has 3 N–H and O–H groups in total. The Morgan fingerprint density at radius 1 is 1.02 bits per heavy atom. The number of benzene rings is 2. The van der Waals surface area contributed by atoms with Gasteiger partial charge in [0.05, 0.1) is 24.3 Å². The first kappa shape index (κ1) is 34.9. The lowest BCUT2D eigenvalue weighted by Crippen LogP contribution is -2.49. The number of hydrogen-bond acceptors (Lipinski definition) is 7. The summed E-state index contributed by atoms with van der Waals surface area (Å²) >= 11 is 0. The first-order chi connectivity index (χ1) is 19.2. The number of aromatic nitrogens is 1. The van der Waals surface area contributed by atoms with Crippen LogP contribution in [0.25, 0.3) is 0 Å². The van der Waals surface area contributed by atoms with Gasteiger partial charge in [-0.05, 0) is 61.2 Å². The van der Waals surface area contributed by atoms with Crippen molar-refractivity contribution in [3.8, 4) is 17.2 Å². The maximum atomic E-state index is 13.1. The number of likely N-dealkylation sites (tertiary alicyclic amines) is 1. The number of urea groups is 1. The first-order valence-electron chi connectivity index (χ1n) is 13.5. The number of rotatable bonds is 11. The smallest absolute Gasteiger partial charge is 0.322 e. The largest absolute Gasteiger partial charge is 0.506 e. The van der Waals surface area contributed by atoms with E-state index in [-0.39, 0.29) is 42.6 Å². The number of hydrogen-bond donors (Lipinski definition) is 3. The van der Waals surface area contributed by atoms with Gasteiger partial charge >= 0.3 is 6.03 Å². The van der Waals surface area contributed by atoms with Crippen LogP contribution in [0.2, 0.25) is 0 Å². The Morgan fingerprint density at radius 2 is 1.64 bits per heavy atom. The summed E-state index contributed by atoms with van der Waals surface area (Å²) in [5, 5.41) is 12.6. The van der Waals surface area contributed by atoms with E-state index in [9.17, 15) is 18.3 Å². The molecule has 13 heteroatoms. The lowest BCUT2D eigenvalue weighted by Gasteiger charge is -2.38. The molecule has 0 aliphatic carbocycles. The fourth-order valence-electron chi connectivity index (χ4n) is 4.72. The molecule has 1 aliphatic rings. The number of halogens is 2. The third kappa shape index (κ3) is 10.9. The Bertz CT molecular complexity index is 1370. The number of anilines is 2. The molecule has 3 aromatic rings. The summed E-state index contributed by atoms with van der Waals surface area (Å²) in [7, 11) is -3.32. The number of amides is 2. The summed E-state index contributed by atoms with van der Waals surface area (Å²) in [5.41, 5.74) is 2.14. The molecule has 1 saturated heterocycles. The highest BCUT2D eigenvalue weighted by atomic mass is 35.5. The number of aromatic hydroxyl groups is 1. The lowest BCUT2D eigenvalue weighted by atomic mass is 10.0. The second-order valence-electron chi connectivity index (χ2n) is 10.1. The van der Waals surface area contributed by atoms with Gasteiger partial charge in [-0.3, -0.25) is 14.6 Å². The summed E-state index contributed by atoms with van der Waals surface area (Å²) in [5.74, 6) is 1.33. The van der Waals surface area contributed by atoms with E-state index in [1.165, 1.54) is 24.0 Å². The fourth-order valence-corrected chi connectivity index (χ4v) is 5.29. The molecule has 0 radical (unpaired) electrons. The third-order valence-corrected chi connectivity index (χ3v) is 7.32. The number of sulfonamides is 1. The molecular weight excluding hydrogens is 601 g/mol. The minimum atomic E-state index is -3.32. The zero-order chi connectivity index (χ0) is 28.5. The molecule has 1 aliphatic heterocycles. The Morgan fingerprint density at radius 3 is 2.21 bits per heavy atom. The van der Waals surface area contributed by atoms with E-state index in [1.807, 2.05) is 29.2 Å². The van der Waals surface area contributed by atoms with Gasteiger partial charge in [-0.15, -0.1) is 24.8 Å². The molecule has 42 heavy (non-hydrogen) atoms. The molecule has 2 aromatic carbocycles. The number of nitrogens with zero attached hydrogens (tertiary/aromatic N) is 3. The van der Waals surface area contributed by atoms with Crippen LogP contribution >= 0.6 is 24.8 Å². The first-order valence-corrected chi connectivity index (χ1v) is 15.4. The van der Waals surface area contributed by atoms with Gasteiger partial charge < -0.3 is 20.1 Å². The minimum absolute atomic E-state index is 0. The van der Waals surface area contributed by atoms with Crippen LogP contribution in [0.3, 0.4) is 0 Å². The number of unbranched alkanes of at least 4 members (excludes halogenated alkanes) is 1. The summed E-state index contributed by atoms with van der Waals surface area (Å²) in [6.45, 7) is 5.40. The molecule has 2 amide bonds. The van der Waals surface area contributed by atoms with Gasteiger partial charge in [-0.1, -0.05) is 25.5 Å². The van der Waals surface area contributed by atoms with Crippen molar-refractivity contribution in [3.63, 3.8) is 0 Å². The fraction of sp³-hybridized carbons (Fsp3) is 0.379. The van der Waals surface area contributed by atoms with E-state index in [0.717, 1.165) is 51.6 Å².